The van der Waals surface area contributed by atoms with Gasteiger partial charge >= 0.3 is 108 Å². The first-order chi connectivity index (χ1) is 6.62. The molecule has 0 bridgehead atoms. The Labute approximate surface area is 108 Å². The second kappa shape index (κ2) is 4.22. The molecule has 0 fully saturated rings. The molecular formula is C12H19NSW. The first-order valence-electron chi connectivity index (χ1n) is 5.13. The first kappa shape index (κ1) is 13.3. The van der Waals surface area contributed by atoms with E-state index in [1.165, 1.54) is 34.0 Å². The topological polar surface area (TPSA) is 12.9 Å². The third kappa shape index (κ3) is 3.32. The zero-order valence-electron chi connectivity index (χ0n) is 10.3. The summed E-state index contributed by atoms with van der Waals surface area (Å²) < 4.78 is 1.45. The van der Waals surface area contributed by atoms with Crippen LogP contribution in [0.25, 0.3) is 0 Å². The maximum absolute atomic E-state index is 4.75. The van der Waals surface area contributed by atoms with E-state index < -0.39 is 0 Å². The monoisotopic (exact) mass is 393 g/mol. The van der Waals surface area contributed by atoms with Gasteiger partial charge in [0.15, 0.2) is 0 Å². The van der Waals surface area contributed by atoms with Crippen molar-refractivity contribution in [1.29, 1.82) is 0 Å². The van der Waals surface area contributed by atoms with Crippen LogP contribution in [0.2, 0.25) is 0 Å². The van der Waals surface area contributed by atoms with E-state index in [9.17, 15) is 0 Å². The van der Waals surface area contributed by atoms with E-state index in [0.717, 1.165) is 0 Å². The van der Waals surface area contributed by atoms with Crippen molar-refractivity contribution in [1.82, 2.24) is 4.98 Å². The number of thiazole rings is 1. The molecule has 1 heterocycles. The first-order valence-corrected chi connectivity index (χ1v) is 7.48. The molecule has 3 heteroatoms. The zero-order chi connectivity index (χ0) is 11.9. The van der Waals surface area contributed by atoms with Gasteiger partial charge < -0.3 is 0 Å². The van der Waals surface area contributed by atoms with Crippen molar-refractivity contribution in [2.75, 3.05) is 0 Å². The van der Waals surface area contributed by atoms with Gasteiger partial charge in [0.1, 0.15) is 0 Å². The van der Waals surface area contributed by atoms with Crippen LogP contribution in [0.4, 0.5) is 0 Å². The third-order valence-electron chi connectivity index (χ3n) is 2.06. The summed E-state index contributed by atoms with van der Waals surface area (Å²) in [5, 5.41) is 3.44. The number of aromatic nitrogens is 1. The zero-order valence-corrected chi connectivity index (χ0v) is 14.1. The summed E-state index contributed by atoms with van der Waals surface area (Å²) in [4.78, 5) is 4.75. The Kier molecular flexibility index (Phi) is 3.73. The molecule has 1 aromatic heterocycles. The predicted molar refractivity (Wildman–Crippen MR) is 64.4 cm³/mol. The van der Waals surface area contributed by atoms with Crippen molar-refractivity contribution >= 4 is 15.2 Å². The Balaban J connectivity index is 3.01. The van der Waals surface area contributed by atoms with Crippen molar-refractivity contribution < 1.29 is 19.4 Å². The molecule has 0 radical (unpaired) electrons. The van der Waals surface area contributed by atoms with Gasteiger partial charge in [0, 0.05) is 0 Å². The molecule has 0 atom stereocenters. The van der Waals surface area contributed by atoms with Crippen LogP contribution in [-0.4, -0.2) is 8.88 Å². The standard InChI is InChI=1S/C12H19NS.W/c1-11(2,3)7-9-8-14-10(13-9)12(4,5)6;/h8H,1-6H3;. The van der Waals surface area contributed by atoms with E-state index in [-0.39, 0.29) is 10.8 Å². The van der Waals surface area contributed by atoms with Gasteiger partial charge in [0.05, 0.1) is 0 Å². The molecule has 0 aromatic carbocycles. The summed E-state index contributed by atoms with van der Waals surface area (Å²) in [7, 11) is 0. The van der Waals surface area contributed by atoms with Gasteiger partial charge in [-0.2, -0.15) is 0 Å². The SMILES string of the molecule is CC(C)(C)[C](=[W])c1csc(C(C)(C)C)n1. The number of hydrogen-bond donors (Lipinski definition) is 0. The fraction of sp³-hybridized carbons (Fsp3) is 0.667. The quantitative estimate of drug-likeness (QED) is 0.711. The van der Waals surface area contributed by atoms with Crippen LogP contribution in [0.15, 0.2) is 5.38 Å². The molecule has 1 rings (SSSR count). The summed E-state index contributed by atoms with van der Waals surface area (Å²) >= 11 is 3.31. The van der Waals surface area contributed by atoms with Crippen LogP contribution >= 0.6 is 11.3 Å². The van der Waals surface area contributed by atoms with Gasteiger partial charge in [0.25, 0.3) is 0 Å². The Morgan fingerprint density at radius 3 is 2.07 bits per heavy atom. The molecule has 0 aliphatic carbocycles. The average molecular weight is 393 g/mol. The second-order valence-corrected chi connectivity index (χ2v) is 8.19. The fourth-order valence-corrected chi connectivity index (χ4v) is 2.68. The van der Waals surface area contributed by atoms with E-state index in [0.29, 0.717) is 0 Å². The summed E-state index contributed by atoms with van der Waals surface area (Å²) in [6.45, 7) is 13.4. The van der Waals surface area contributed by atoms with Crippen LogP contribution in [-0.2, 0) is 24.8 Å². The molecule has 84 valence electrons. The summed E-state index contributed by atoms with van der Waals surface area (Å²) in [6, 6.07) is 0. The van der Waals surface area contributed by atoms with Gasteiger partial charge in [-0.05, 0) is 0 Å². The Bertz CT molecular complexity index is 366. The second-order valence-electron chi connectivity index (χ2n) is 5.87. The Hall–Kier alpha value is 0.188. The van der Waals surface area contributed by atoms with E-state index in [2.05, 4.69) is 46.9 Å². The summed E-state index contributed by atoms with van der Waals surface area (Å²) in [5.41, 5.74) is 1.63. The molecule has 15 heavy (non-hydrogen) atoms. The van der Waals surface area contributed by atoms with E-state index in [4.69, 9.17) is 4.98 Å². The minimum absolute atomic E-state index is 0.177. The van der Waals surface area contributed by atoms with Crippen molar-refractivity contribution in [3.8, 4) is 0 Å². The molecular weight excluding hydrogens is 374 g/mol. The Morgan fingerprint density at radius 2 is 1.73 bits per heavy atom. The maximum atomic E-state index is 4.75. The normalized spacial score (nSPS) is 12.9. The fourth-order valence-electron chi connectivity index (χ4n) is 1.11. The molecule has 0 N–H and O–H groups in total. The molecule has 1 nitrogen and oxygen atoms in total. The van der Waals surface area contributed by atoms with Gasteiger partial charge in [-0.25, -0.2) is 0 Å². The molecule has 0 amide bonds. The van der Waals surface area contributed by atoms with E-state index >= 15 is 0 Å². The summed E-state index contributed by atoms with van der Waals surface area (Å²) in [6.07, 6.45) is 0. The van der Waals surface area contributed by atoms with Crippen LogP contribution < -0.4 is 0 Å². The minimum atomic E-state index is 0.177. The molecule has 0 saturated heterocycles. The van der Waals surface area contributed by atoms with Gasteiger partial charge in [0.2, 0.25) is 0 Å². The Morgan fingerprint density at radius 1 is 1.20 bits per heavy atom. The van der Waals surface area contributed by atoms with Gasteiger partial charge in [-0.3, -0.25) is 0 Å². The van der Waals surface area contributed by atoms with Crippen LogP contribution in [0.3, 0.4) is 0 Å². The van der Waals surface area contributed by atoms with E-state index in [1.807, 2.05) is 0 Å². The number of hydrogen-bond acceptors (Lipinski definition) is 2. The number of rotatable bonds is 1. The van der Waals surface area contributed by atoms with Crippen LogP contribution in [0.5, 0.6) is 0 Å². The van der Waals surface area contributed by atoms with Crippen molar-refractivity contribution in [3.05, 3.63) is 16.1 Å². The van der Waals surface area contributed by atoms with Crippen LogP contribution in [0, 0.1) is 5.41 Å². The van der Waals surface area contributed by atoms with E-state index in [1.54, 1.807) is 11.3 Å². The molecule has 1 aromatic rings. The molecule has 0 aliphatic heterocycles. The molecule has 0 spiro atoms. The average Bonchev–Trinajstić information content (AvgIpc) is 2.47. The number of nitrogens with zero attached hydrogens (tertiary/aromatic N) is 1. The molecule has 0 unspecified atom stereocenters. The molecule has 0 saturated carbocycles. The van der Waals surface area contributed by atoms with Crippen LogP contribution in [0.1, 0.15) is 52.2 Å². The van der Waals surface area contributed by atoms with Crippen molar-refractivity contribution in [2.45, 2.75) is 47.0 Å². The van der Waals surface area contributed by atoms with Crippen molar-refractivity contribution in [2.24, 2.45) is 5.41 Å². The molecule has 0 aliphatic rings. The summed E-state index contributed by atoms with van der Waals surface area (Å²) in [5.74, 6) is 0. The predicted octanol–water partition coefficient (Wildman–Crippen LogP) is 3.55. The van der Waals surface area contributed by atoms with Crippen molar-refractivity contribution in [3.63, 3.8) is 0 Å². The van der Waals surface area contributed by atoms with Gasteiger partial charge in [-0.1, -0.05) is 0 Å². The van der Waals surface area contributed by atoms with Gasteiger partial charge in [-0.15, -0.1) is 0 Å². The third-order valence-corrected chi connectivity index (χ3v) is 6.28.